The lowest BCUT2D eigenvalue weighted by Crippen LogP contribution is -2.51. The zero-order valence-corrected chi connectivity index (χ0v) is 19.2. The SMILES string of the molecule is COC(=O)[C@H](Cc1ccccc1)NC(=O)[C@@H]1CCCN1C(=O)c1ccc(C(OC)OC)cc1. The molecule has 1 aliphatic rings. The van der Waals surface area contributed by atoms with Crippen LogP contribution in [0.3, 0.4) is 0 Å². The maximum Gasteiger partial charge on any atom is 0.328 e. The second-order valence-electron chi connectivity index (χ2n) is 7.86. The van der Waals surface area contributed by atoms with E-state index in [4.69, 9.17) is 14.2 Å². The van der Waals surface area contributed by atoms with Gasteiger partial charge in [-0.3, -0.25) is 9.59 Å². The lowest BCUT2D eigenvalue weighted by atomic mass is 10.0. The molecular formula is C25H30N2O6. The summed E-state index contributed by atoms with van der Waals surface area (Å²) >= 11 is 0. The quantitative estimate of drug-likeness (QED) is 0.462. The van der Waals surface area contributed by atoms with E-state index in [2.05, 4.69) is 5.32 Å². The molecule has 1 N–H and O–H groups in total. The number of nitrogens with zero attached hydrogens (tertiary/aromatic N) is 1. The van der Waals surface area contributed by atoms with E-state index >= 15 is 0 Å². The maximum atomic E-state index is 13.1. The molecule has 1 saturated heterocycles. The van der Waals surface area contributed by atoms with Gasteiger partial charge < -0.3 is 24.4 Å². The molecule has 2 aromatic carbocycles. The van der Waals surface area contributed by atoms with Gasteiger partial charge in [-0.2, -0.15) is 0 Å². The molecule has 176 valence electrons. The Morgan fingerprint density at radius 1 is 1.00 bits per heavy atom. The number of carbonyl (C=O) groups excluding carboxylic acids is 3. The number of benzene rings is 2. The van der Waals surface area contributed by atoms with Crippen molar-refractivity contribution in [2.45, 2.75) is 37.6 Å². The molecule has 2 amide bonds. The van der Waals surface area contributed by atoms with Crippen LogP contribution in [0.1, 0.15) is 40.6 Å². The molecule has 33 heavy (non-hydrogen) atoms. The van der Waals surface area contributed by atoms with Gasteiger partial charge in [0.25, 0.3) is 5.91 Å². The highest BCUT2D eigenvalue weighted by Gasteiger charge is 2.36. The van der Waals surface area contributed by atoms with Crippen LogP contribution in [0.4, 0.5) is 0 Å². The van der Waals surface area contributed by atoms with Crippen LogP contribution in [-0.4, -0.2) is 62.6 Å². The standard InChI is InChI=1S/C25H30N2O6/c1-31-24(30)20(16-17-8-5-4-6-9-17)26-22(28)21-10-7-15-27(21)23(29)18-11-13-19(14-12-18)25(32-2)33-3/h4-6,8-9,11-14,20-21,25H,7,10,15-16H2,1-3H3,(H,26,28)/t20-,21-/m0/s1. The fraction of sp³-hybridized carbons (Fsp3) is 0.400. The number of hydrogen-bond donors (Lipinski definition) is 1. The number of likely N-dealkylation sites (tertiary alicyclic amines) is 1. The molecule has 0 aromatic heterocycles. The maximum absolute atomic E-state index is 13.1. The summed E-state index contributed by atoms with van der Waals surface area (Å²) in [7, 11) is 4.37. The van der Waals surface area contributed by atoms with Crippen molar-refractivity contribution in [3.63, 3.8) is 0 Å². The summed E-state index contributed by atoms with van der Waals surface area (Å²) in [6, 6.07) is 14.8. The van der Waals surface area contributed by atoms with Gasteiger partial charge in [-0.15, -0.1) is 0 Å². The molecule has 0 saturated carbocycles. The van der Waals surface area contributed by atoms with E-state index in [-0.39, 0.29) is 11.8 Å². The highest BCUT2D eigenvalue weighted by Crippen LogP contribution is 2.23. The second kappa shape index (κ2) is 11.6. The van der Waals surface area contributed by atoms with Gasteiger partial charge in [0.15, 0.2) is 6.29 Å². The van der Waals surface area contributed by atoms with E-state index in [1.54, 1.807) is 43.4 Å². The van der Waals surface area contributed by atoms with Gasteiger partial charge in [-0.05, 0) is 30.5 Å². The number of nitrogens with one attached hydrogen (secondary N) is 1. The minimum absolute atomic E-state index is 0.233. The second-order valence-corrected chi connectivity index (χ2v) is 7.86. The summed E-state index contributed by atoms with van der Waals surface area (Å²) < 4.78 is 15.4. The Morgan fingerprint density at radius 3 is 2.27 bits per heavy atom. The normalized spacial score (nSPS) is 16.5. The number of ether oxygens (including phenoxy) is 3. The first-order valence-corrected chi connectivity index (χ1v) is 10.9. The Labute approximate surface area is 193 Å². The average Bonchev–Trinajstić information content (AvgIpc) is 3.35. The average molecular weight is 455 g/mol. The Hall–Kier alpha value is -3.23. The minimum Gasteiger partial charge on any atom is -0.467 e. The van der Waals surface area contributed by atoms with Crippen molar-refractivity contribution in [3.05, 3.63) is 71.3 Å². The topological polar surface area (TPSA) is 94.2 Å². The van der Waals surface area contributed by atoms with E-state index in [9.17, 15) is 14.4 Å². The van der Waals surface area contributed by atoms with E-state index in [1.807, 2.05) is 30.3 Å². The van der Waals surface area contributed by atoms with Crippen molar-refractivity contribution in [1.82, 2.24) is 10.2 Å². The van der Waals surface area contributed by atoms with E-state index in [0.29, 0.717) is 31.4 Å². The Kier molecular flexibility index (Phi) is 8.57. The monoisotopic (exact) mass is 454 g/mol. The van der Waals surface area contributed by atoms with Crippen LogP contribution in [0.25, 0.3) is 0 Å². The third-order valence-corrected chi connectivity index (χ3v) is 5.76. The number of carbonyl (C=O) groups is 3. The van der Waals surface area contributed by atoms with Gasteiger partial charge in [-0.25, -0.2) is 4.79 Å². The number of esters is 1. The summed E-state index contributed by atoms with van der Waals surface area (Å²) in [5, 5.41) is 2.79. The van der Waals surface area contributed by atoms with Gasteiger partial charge in [0.05, 0.1) is 7.11 Å². The Balaban J connectivity index is 1.70. The molecule has 2 aromatic rings. The predicted octanol–water partition coefficient (Wildman–Crippen LogP) is 2.48. The van der Waals surface area contributed by atoms with Crippen LogP contribution in [0.15, 0.2) is 54.6 Å². The molecule has 2 atom stereocenters. The summed E-state index contributed by atoms with van der Waals surface area (Å²) in [6.45, 7) is 0.471. The van der Waals surface area contributed by atoms with Crippen LogP contribution >= 0.6 is 0 Å². The minimum atomic E-state index is -0.832. The fourth-order valence-corrected chi connectivity index (χ4v) is 4.05. The first kappa shape index (κ1) is 24.4. The first-order chi connectivity index (χ1) is 16.0. The third-order valence-electron chi connectivity index (χ3n) is 5.76. The van der Waals surface area contributed by atoms with E-state index in [0.717, 1.165) is 11.1 Å². The lowest BCUT2D eigenvalue weighted by molar-refractivity contribution is -0.145. The van der Waals surface area contributed by atoms with Gasteiger partial charge in [0.2, 0.25) is 5.91 Å². The number of hydrogen-bond acceptors (Lipinski definition) is 6. The Morgan fingerprint density at radius 2 is 1.67 bits per heavy atom. The van der Waals surface area contributed by atoms with Gasteiger partial charge in [0, 0.05) is 38.3 Å². The third kappa shape index (κ3) is 5.97. The molecule has 1 fully saturated rings. The zero-order chi connectivity index (χ0) is 23.8. The van der Waals surface area contributed by atoms with Gasteiger partial charge >= 0.3 is 5.97 Å². The molecule has 0 bridgehead atoms. The number of methoxy groups -OCH3 is 3. The smallest absolute Gasteiger partial charge is 0.328 e. The van der Waals surface area contributed by atoms with E-state index in [1.165, 1.54) is 7.11 Å². The van der Waals surface area contributed by atoms with Gasteiger partial charge in [0.1, 0.15) is 12.1 Å². The summed E-state index contributed by atoms with van der Waals surface area (Å²) in [6.07, 6.45) is 1.03. The van der Waals surface area contributed by atoms with Crippen LogP contribution in [-0.2, 0) is 30.2 Å². The van der Waals surface area contributed by atoms with Crippen molar-refractivity contribution in [1.29, 1.82) is 0 Å². The van der Waals surface area contributed by atoms with Crippen LogP contribution in [0.5, 0.6) is 0 Å². The number of amides is 2. The molecular weight excluding hydrogens is 424 g/mol. The molecule has 3 rings (SSSR count). The molecule has 1 heterocycles. The Bertz CT molecular complexity index is 943. The largest absolute Gasteiger partial charge is 0.467 e. The highest BCUT2D eigenvalue weighted by molar-refractivity contribution is 5.98. The first-order valence-electron chi connectivity index (χ1n) is 10.9. The van der Waals surface area contributed by atoms with Gasteiger partial charge in [-0.1, -0.05) is 42.5 Å². The molecule has 0 aliphatic carbocycles. The van der Waals surface area contributed by atoms with Crippen LogP contribution in [0, 0.1) is 0 Å². The predicted molar refractivity (Wildman–Crippen MR) is 121 cm³/mol. The summed E-state index contributed by atoms with van der Waals surface area (Å²) in [5.41, 5.74) is 2.16. The van der Waals surface area contributed by atoms with Crippen molar-refractivity contribution in [2.24, 2.45) is 0 Å². The summed E-state index contributed by atoms with van der Waals surface area (Å²) in [4.78, 5) is 40.1. The lowest BCUT2D eigenvalue weighted by Gasteiger charge is -2.26. The van der Waals surface area contributed by atoms with Crippen molar-refractivity contribution >= 4 is 17.8 Å². The molecule has 8 heteroatoms. The molecule has 8 nitrogen and oxygen atoms in total. The fourth-order valence-electron chi connectivity index (χ4n) is 4.05. The number of rotatable bonds is 9. The summed E-state index contributed by atoms with van der Waals surface area (Å²) in [5.74, 6) is -1.12. The van der Waals surface area contributed by atoms with Crippen molar-refractivity contribution < 1.29 is 28.6 Å². The van der Waals surface area contributed by atoms with Crippen LogP contribution < -0.4 is 5.32 Å². The molecule has 0 spiro atoms. The van der Waals surface area contributed by atoms with Crippen molar-refractivity contribution in [2.75, 3.05) is 27.9 Å². The van der Waals surface area contributed by atoms with E-state index < -0.39 is 24.3 Å². The zero-order valence-electron chi connectivity index (χ0n) is 19.2. The molecule has 1 aliphatic heterocycles. The molecule has 0 unspecified atom stereocenters. The molecule has 0 radical (unpaired) electrons. The van der Waals surface area contributed by atoms with Crippen molar-refractivity contribution in [3.8, 4) is 0 Å². The highest BCUT2D eigenvalue weighted by atomic mass is 16.7. The van der Waals surface area contributed by atoms with Crippen LogP contribution in [0.2, 0.25) is 0 Å².